The average Bonchev–Trinajstić information content (AvgIpc) is 2.32. The first kappa shape index (κ1) is 14.0. The summed E-state index contributed by atoms with van der Waals surface area (Å²) < 4.78 is 5.88. The van der Waals surface area contributed by atoms with E-state index in [1.807, 2.05) is 19.1 Å². The van der Waals surface area contributed by atoms with E-state index < -0.39 is 0 Å². The summed E-state index contributed by atoms with van der Waals surface area (Å²) in [7, 11) is 0. The molecule has 0 amide bonds. The topological polar surface area (TPSA) is 48.1 Å². The van der Waals surface area contributed by atoms with Crippen LogP contribution in [0.15, 0.2) is 12.1 Å². The summed E-state index contributed by atoms with van der Waals surface area (Å²) in [4.78, 5) is 4.54. The molecule has 1 aromatic rings. The molecule has 2 atom stereocenters. The third-order valence-electron chi connectivity index (χ3n) is 2.95. The largest absolute Gasteiger partial charge is 0.489 e. The molecule has 0 fully saturated rings. The van der Waals surface area contributed by atoms with E-state index in [-0.39, 0.29) is 12.1 Å². The van der Waals surface area contributed by atoms with Crippen molar-refractivity contribution in [3.8, 4) is 5.75 Å². The summed E-state index contributed by atoms with van der Waals surface area (Å²) in [6.07, 6.45) is 2.95. The van der Waals surface area contributed by atoms with Crippen LogP contribution in [-0.2, 0) is 6.42 Å². The van der Waals surface area contributed by atoms with Crippen LogP contribution in [0.3, 0.4) is 0 Å². The molecular weight excluding hydrogens is 212 g/mol. The summed E-state index contributed by atoms with van der Waals surface area (Å²) in [5.41, 5.74) is 7.99. The van der Waals surface area contributed by atoms with E-state index in [0.29, 0.717) is 0 Å². The molecule has 1 aromatic heterocycles. The molecular formula is C14H24N2O. The van der Waals surface area contributed by atoms with Crippen LogP contribution in [0.5, 0.6) is 5.75 Å². The van der Waals surface area contributed by atoms with Crippen LogP contribution in [0.2, 0.25) is 0 Å². The number of nitrogens with two attached hydrogens (primary N) is 1. The number of ether oxygens (including phenoxy) is 1. The van der Waals surface area contributed by atoms with Crippen molar-refractivity contribution in [3.63, 3.8) is 0 Å². The lowest BCUT2D eigenvalue weighted by Gasteiger charge is -2.17. The molecule has 0 spiro atoms. The highest BCUT2D eigenvalue weighted by atomic mass is 16.5. The summed E-state index contributed by atoms with van der Waals surface area (Å²) in [6, 6.07) is 4.15. The Kier molecular flexibility index (Phi) is 5.42. The molecule has 0 saturated carbocycles. The SMILES string of the molecule is CCC(N)Cc1nc(C)ccc1OC(C)CC. The quantitative estimate of drug-likeness (QED) is 0.826. The molecule has 1 heterocycles. The van der Waals surface area contributed by atoms with Crippen molar-refractivity contribution in [1.29, 1.82) is 0 Å². The fraction of sp³-hybridized carbons (Fsp3) is 0.643. The first-order valence-corrected chi connectivity index (χ1v) is 6.45. The van der Waals surface area contributed by atoms with Gasteiger partial charge in [-0.2, -0.15) is 0 Å². The van der Waals surface area contributed by atoms with Gasteiger partial charge in [-0.25, -0.2) is 0 Å². The molecule has 2 N–H and O–H groups in total. The van der Waals surface area contributed by atoms with E-state index in [9.17, 15) is 0 Å². The van der Waals surface area contributed by atoms with E-state index >= 15 is 0 Å². The zero-order chi connectivity index (χ0) is 12.8. The molecule has 0 aliphatic heterocycles. The predicted octanol–water partition coefficient (Wildman–Crippen LogP) is 2.85. The third kappa shape index (κ3) is 4.35. The van der Waals surface area contributed by atoms with Crippen molar-refractivity contribution >= 4 is 0 Å². The maximum atomic E-state index is 5.99. The Balaban J connectivity index is 2.87. The normalized spacial score (nSPS) is 14.4. The van der Waals surface area contributed by atoms with Gasteiger partial charge in [-0.05, 0) is 38.8 Å². The van der Waals surface area contributed by atoms with Crippen LogP contribution in [0.25, 0.3) is 0 Å². The minimum absolute atomic E-state index is 0.156. The van der Waals surface area contributed by atoms with E-state index in [2.05, 4.69) is 25.8 Å². The molecule has 0 aromatic carbocycles. The summed E-state index contributed by atoms with van der Waals surface area (Å²) in [5, 5.41) is 0. The van der Waals surface area contributed by atoms with E-state index in [1.54, 1.807) is 0 Å². The maximum Gasteiger partial charge on any atom is 0.141 e. The molecule has 96 valence electrons. The fourth-order valence-corrected chi connectivity index (χ4v) is 1.54. The Morgan fingerprint density at radius 2 is 2.00 bits per heavy atom. The highest BCUT2D eigenvalue weighted by molar-refractivity contribution is 5.30. The van der Waals surface area contributed by atoms with Gasteiger partial charge in [0.1, 0.15) is 5.75 Å². The predicted molar refractivity (Wildman–Crippen MR) is 71.3 cm³/mol. The number of hydrogen-bond donors (Lipinski definition) is 1. The maximum absolute atomic E-state index is 5.99. The summed E-state index contributed by atoms with van der Waals surface area (Å²) >= 11 is 0. The van der Waals surface area contributed by atoms with Crippen LogP contribution in [-0.4, -0.2) is 17.1 Å². The summed E-state index contributed by atoms with van der Waals surface area (Å²) in [6.45, 7) is 8.27. The number of aryl methyl sites for hydroxylation is 1. The van der Waals surface area contributed by atoms with Crippen molar-refractivity contribution in [3.05, 3.63) is 23.5 Å². The van der Waals surface area contributed by atoms with Gasteiger partial charge in [-0.3, -0.25) is 4.98 Å². The van der Waals surface area contributed by atoms with Crippen molar-refractivity contribution in [2.75, 3.05) is 0 Å². The van der Waals surface area contributed by atoms with Crippen molar-refractivity contribution in [2.24, 2.45) is 5.73 Å². The lowest BCUT2D eigenvalue weighted by atomic mass is 10.1. The van der Waals surface area contributed by atoms with E-state index in [0.717, 1.165) is 36.4 Å². The first-order valence-electron chi connectivity index (χ1n) is 6.45. The number of hydrogen-bond acceptors (Lipinski definition) is 3. The molecule has 1 rings (SSSR count). The van der Waals surface area contributed by atoms with Crippen LogP contribution in [0, 0.1) is 6.92 Å². The van der Waals surface area contributed by atoms with Gasteiger partial charge in [0, 0.05) is 18.2 Å². The lowest BCUT2D eigenvalue weighted by Crippen LogP contribution is -2.23. The lowest BCUT2D eigenvalue weighted by molar-refractivity contribution is 0.213. The van der Waals surface area contributed by atoms with Gasteiger partial charge in [-0.1, -0.05) is 13.8 Å². The van der Waals surface area contributed by atoms with Crippen LogP contribution in [0.4, 0.5) is 0 Å². The van der Waals surface area contributed by atoms with Gasteiger partial charge in [0.15, 0.2) is 0 Å². The zero-order valence-electron chi connectivity index (χ0n) is 11.4. The molecule has 0 bridgehead atoms. The Labute approximate surface area is 104 Å². The van der Waals surface area contributed by atoms with Crippen LogP contribution in [0.1, 0.15) is 45.0 Å². The van der Waals surface area contributed by atoms with Gasteiger partial charge in [0.2, 0.25) is 0 Å². The fourth-order valence-electron chi connectivity index (χ4n) is 1.54. The van der Waals surface area contributed by atoms with Crippen molar-refractivity contribution in [1.82, 2.24) is 4.98 Å². The smallest absolute Gasteiger partial charge is 0.141 e. The van der Waals surface area contributed by atoms with Crippen molar-refractivity contribution < 1.29 is 4.74 Å². The number of pyridine rings is 1. The highest BCUT2D eigenvalue weighted by Gasteiger charge is 2.11. The highest BCUT2D eigenvalue weighted by Crippen LogP contribution is 2.20. The number of rotatable bonds is 6. The van der Waals surface area contributed by atoms with Crippen LogP contribution < -0.4 is 10.5 Å². The Bertz CT molecular complexity index is 352. The number of nitrogens with zero attached hydrogens (tertiary/aromatic N) is 1. The summed E-state index contributed by atoms with van der Waals surface area (Å²) in [5.74, 6) is 0.883. The van der Waals surface area contributed by atoms with Gasteiger partial charge in [0.25, 0.3) is 0 Å². The molecule has 0 aliphatic rings. The first-order chi connectivity index (χ1) is 8.06. The monoisotopic (exact) mass is 236 g/mol. The van der Waals surface area contributed by atoms with E-state index in [1.165, 1.54) is 0 Å². The zero-order valence-corrected chi connectivity index (χ0v) is 11.4. The minimum Gasteiger partial charge on any atom is -0.489 e. The Morgan fingerprint density at radius 3 is 2.59 bits per heavy atom. The second kappa shape index (κ2) is 6.60. The molecule has 17 heavy (non-hydrogen) atoms. The Hall–Kier alpha value is -1.09. The average molecular weight is 236 g/mol. The minimum atomic E-state index is 0.156. The van der Waals surface area contributed by atoms with Crippen LogP contribution >= 0.6 is 0 Å². The Morgan fingerprint density at radius 1 is 1.29 bits per heavy atom. The second-order valence-electron chi connectivity index (χ2n) is 4.61. The molecule has 0 saturated heterocycles. The third-order valence-corrected chi connectivity index (χ3v) is 2.95. The molecule has 0 radical (unpaired) electrons. The molecule has 0 aliphatic carbocycles. The van der Waals surface area contributed by atoms with Gasteiger partial charge in [0.05, 0.1) is 11.8 Å². The van der Waals surface area contributed by atoms with Gasteiger partial charge in [-0.15, -0.1) is 0 Å². The van der Waals surface area contributed by atoms with Crippen molar-refractivity contribution in [2.45, 2.75) is 59.1 Å². The second-order valence-corrected chi connectivity index (χ2v) is 4.61. The van der Waals surface area contributed by atoms with Gasteiger partial charge >= 0.3 is 0 Å². The standard InChI is InChI=1S/C14H24N2O/c1-5-11(4)17-14-8-7-10(3)16-13(14)9-12(15)6-2/h7-8,11-12H,5-6,9,15H2,1-4H3. The number of aromatic nitrogens is 1. The molecule has 3 heteroatoms. The van der Waals surface area contributed by atoms with Gasteiger partial charge < -0.3 is 10.5 Å². The molecule has 3 nitrogen and oxygen atoms in total. The molecule has 2 unspecified atom stereocenters. The van der Waals surface area contributed by atoms with E-state index in [4.69, 9.17) is 10.5 Å².